The molecule has 0 spiro atoms. The van der Waals surface area contributed by atoms with Gasteiger partial charge in [-0.3, -0.25) is 0 Å². The highest BCUT2D eigenvalue weighted by molar-refractivity contribution is 14.1. The SMILES string of the molecule is COC(=O)c1cc(Br)c(I)c(Br)c1. The predicted octanol–water partition coefficient (Wildman–Crippen LogP) is 3.60. The number of hydrogen-bond acceptors (Lipinski definition) is 2. The largest absolute Gasteiger partial charge is 0.465 e. The molecule has 0 aliphatic rings. The van der Waals surface area contributed by atoms with E-state index in [1.165, 1.54) is 7.11 Å². The third kappa shape index (κ3) is 2.66. The van der Waals surface area contributed by atoms with Crippen LogP contribution in [0, 0.1) is 3.57 Å². The van der Waals surface area contributed by atoms with E-state index in [4.69, 9.17) is 0 Å². The quantitative estimate of drug-likeness (QED) is 0.395. The highest BCUT2D eigenvalue weighted by atomic mass is 127. The zero-order valence-electron chi connectivity index (χ0n) is 6.61. The lowest BCUT2D eigenvalue weighted by Crippen LogP contribution is -2.01. The summed E-state index contributed by atoms with van der Waals surface area (Å²) in [5, 5.41) is 0. The fraction of sp³-hybridized carbons (Fsp3) is 0.125. The van der Waals surface area contributed by atoms with E-state index >= 15 is 0 Å². The van der Waals surface area contributed by atoms with Crippen LogP contribution in [0.3, 0.4) is 0 Å². The predicted molar refractivity (Wildman–Crippen MR) is 65.9 cm³/mol. The van der Waals surface area contributed by atoms with Crippen LogP contribution < -0.4 is 0 Å². The first kappa shape index (κ1) is 11.5. The van der Waals surface area contributed by atoms with Crippen LogP contribution in [-0.4, -0.2) is 13.1 Å². The maximum atomic E-state index is 11.2. The smallest absolute Gasteiger partial charge is 0.337 e. The monoisotopic (exact) mass is 418 g/mol. The maximum Gasteiger partial charge on any atom is 0.337 e. The van der Waals surface area contributed by atoms with Gasteiger partial charge in [-0.05, 0) is 66.6 Å². The minimum atomic E-state index is -0.335. The topological polar surface area (TPSA) is 26.3 Å². The van der Waals surface area contributed by atoms with Gasteiger partial charge in [-0.15, -0.1) is 0 Å². The summed E-state index contributed by atoms with van der Waals surface area (Å²) < 4.78 is 7.39. The molecular weight excluding hydrogens is 415 g/mol. The van der Waals surface area contributed by atoms with Crippen molar-refractivity contribution in [1.82, 2.24) is 0 Å². The van der Waals surface area contributed by atoms with Gasteiger partial charge in [0.1, 0.15) is 0 Å². The summed E-state index contributed by atoms with van der Waals surface area (Å²) in [7, 11) is 1.36. The van der Waals surface area contributed by atoms with E-state index in [-0.39, 0.29) is 5.97 Å². The second-order valence-electron chi connectivity index (χ2n) is 2.25. The van der Waals surface area contributed by atoms with E-state index in [1.54, 1.807) is 12.1 Å². The fourth-order valence-electron chi connectivity index (χ4n) is 0.791. The van der Waals surface area contributed by atoms with Gasteiger partial charge in [0, 0.05) is 12.5 Å². The van der Waals surface area contributed by atoms with E-state index in [9.17, 15) is 4.79 Å². The van der Waals surface area contributed by atoms with Gasteiger partial charge in [-0.2, -0.15) is 0 Å². The van der Waals surface area contributed by atoms with E-state index in [1.807, 2.05) is 0 Å². The van der Waals surface area contributed by atoms with Crippen molar-refractivity contribution in [1.29, 1.82) is 0 Å². The van der Waals surface area contributed by atoms with Crippen LogP contribution >= 0.6 is 54.5 Å². The Kier molecular flexibility index (Phi) is 4.18. The summed E-state index contributed by atoms with van der Waals surface area (Å²) in [4.78, 5) is 11.2. The minimum Gasteiger partial charge on any atom is -0.465 e. The molecule has 0 heterocycles. The van der Waals surface area contributed by atoms with E-state index in [2.05, 4.69) is 59.2 Å². The fourth-order valence-corrected chi connectivity index (χ4v) is 2.29. The highest BCUT2D eigenvalue weighted by Crippen LogP contribution is 2.28. The minimum absolute atomic E-state index is 0.335. The third-order valence-electron chi connectivity index (χ3n) is 1.40. The molecule has 0 bridgehead atoms. The Balaban J connectivity index is 3.20. The maximum absolute atomic E-state index is 11.2. The van der Waals surface area contributed by atoms with Crippen molar-refractivity contribution in [3.8, 4) is 0 Å². The van der Waals surface area contributed by atoms with E-state index in [0.29, 0.717) is 5.56 Å². The Morgan fingerprint density at radius 2 is 1.85 bits per heavy atom. The summed E-state index contributed by atoms with van der Waals surface area (Å²) in [5.74, 6) is -0.335. The van der Waals surface area contributed by atoms with Gasteiger partial charge >= 0.3 is 5.97 Å². The van der Waals surface area contributed by atoms with Crippen LogP contribution in [-0.2, 0) is 4.74 Å². The molecule has 1 aromatic carbocycles. The summed E-state index contributed by atoms with van der Waals surface area (Å²) in [5.41, 5.74) is 0.529. The first-order chi connectivity index (χ1) is 6.06. The number of methoxy groups -OCH3 is 1. The van der Waals surface area contributed by atoms with Crippen molar-refractivity contribution in [3.63, 3.8) is 0 Å². The van der Waals surface area contributed by atoms with Crippen LogP contribution in [0.4, 0.5) is 0 Å². The molecule has 0 radical (unpaired) electrons. The van der Waals surface area contributed by atoms with Gasteiger partial charge < -0.3 is 4.74 Å². The Labute approximate surface area is 106 Å². The Morgan fingerprint density at radius 1 is 1.38 bits per heavy atom. The molecule has 0 fully saturated rings. The lowest BCUT2D eigenvalue weighted by molar-refractivity contribution is 0.0600. The normalized spacial score (nSPS) is 9.85. The zero-order valence-corrected chi connectivity index (χ0v) is 11.9. The van der Waals surface area contributed by atoms with Gasteiger partial charge in [0.2, 0.25) is 0 Å². The summed E-state index contributed by atoms with van der Waals surface area (Å²) >= 11 is 8.87. The van der Waals surface area contributed by atoms with Crippen LogP contribution in [0.15, 0.2) is 21.1 Å². The van der Waals surface area contributed by atoms with Crippen LogP contribution in [0.25, 0.3) is 0 Å². The van der Waals surface area contributed by atoms with Gasteiger partial charge in [0.15, 0.2) is 0 Å². The average molecular weight is 420 g/mol. The molecular formula is C8H5Br2IO2. The van der Waals surface area contributed by atoms with Crippen molar-refractivity contribution in [2.75, 3.05) is 7.11 Å². The van der Waals surface area contributed by atoms with E-state index in [0.717, 1.165) is 12.5 Å². The number of carbonyl (C=O) groups excluding carboxylic acids is 1. The number of carbonyl (C=O) groups is 1. The van der Waals surface area contributed by atoms with Crippen LogP contribution in [0.5, 0.6) is 0 Å². The molecule has 0 aliphatic heterocycles. The standard InChI is InChI=1S/C8H5Br2IO2/c1-13-8(12)4-2-5(9)7(11)6(10)3-4/h2-3H,1H3. The van der Waals surface area contributed by atoms with Crippen molar-refractivity contribution >= 4 is 60.4 Å². The van der Waals surface area contributed by atoms with Gasteiger partial charge in [0.05, 0.1) is 12.7 Å². The molecule has 0 aromatic heterocycles. The third-order valence-corrected chi connectivity index (χ3v) is 5.30. The molecule has 0 atom stereocenters. The van der Waals surface area contributed by atoms with Crippen molar-refractivity contribution in [3.05, 3.63) is 30.2 Å². The van der Waals surface area contributed by atoms with Crippen molar-refractivity contribution in [2.24, 2.45) is 0 Å². The summed E-state index contributed by atoms with van der Waals surface area (Å²) in [6, 6.07) is 3.47. The van der Waals surface area contributed by atoms with Gasteiger partial charge in [-0.25, -0.2) is 4.79 Å². The molecule has 0 saturated carbocycles. The first-order valence-corrected chi connectivity index (χ1v) is 5.95. The molecule has 2 nitrogen and oxygen atoms in total. The molecule has 0 unspecified atom stereocenters. The van der Waals surface area contributed by atoms with Gasteiger partial charge in [0.25, 0.3) is 0 Å². The lowest BCUT2D eigenvalue weighted by Gasteiger charge is -2.03. The lowest BCUT2D eigenvalue weighted by atomic mass is 10.2. The molecule has 70 valence electrons. The first-order valence-electron chi connectivity index (χ1n) is 3.29. The number of halogens is 3. The average Bonchev–Trinajstić information content (AvgIpc) is 2.12. The van der Waals surface area contributed by atoms with Gasteiger partial charge in [-0.1, -0.05) is 0 Å². The second kappa shape index (κ2) is 4.75. The highest BCUT2D eigenvalue weighted by Gasteiger charge is 2.10. The molecule has 0 saturated heterocycles. The van der Waals surface area contributed by atoms with Crippen molar-refractivity contribution < 1.29 is 9.53 Å². The molecule has 5 heteroatoms. The molecule has 13 heavy (non-hydrogen) atoms. The number of rotatable bonds is 1. The van der Waals surface area contributed by atoms with Crippen molar-refractivity contribution in [2.45, 2.75) is 0 Å². The summed E-state index contributed by atoms with van der Waals surface area (Å²) in [6.45, 7) is 0. The Hall–Kier alpha value is 0.380. The summed E-state index contributed by atoms with van der Waals surface area (Å²) in [6.07, 6.45) is 0. The molecule has 1 rings (SSSR count). The zero-order chi connectivity index (χ0) is 10.0. The number of hydrogen-bond donors (Lipinski definition) is 0. The Bertz CT molecular complexity index is 329. The van der Waals surface area contributed by atoms with E-state index < -0.39 is 0 Å². The Morgan fingerprint density at radius 3 is 2.23 bits per heavy atom. The van der Waals surface area contributed by atoms with Crippen LogP contribution in [0.2, 0.25) is 0 Å². The molecule has 0 aliphatic carbocycles. The van der Waals surface area contributed by atoms with Crippen LogP contribution in [0.1, 0.15) is 10.4 Å². The second-order valence-corrected chi connectivity index (χ2v) is 5.03. The number of benzene rings is 1. The molecule has 0 N–H and O–H groups in total. The number of ether oxygens (including phenoxy) is 1. The number of esters is 1. The molecule has 1 aromatic rings. The molecule has 0 amide bonds.